The van der Waals surface area contributed by atoms with Crippen molar-refractivity contribution in [2.45, 2.75) is 27.2 Å². The van der Waals surface area contributed by atoms with Crippen molar-refractivity contribution < 1.29 is 9.90 Å². The fourth-order valence-electron chi connectivity index (χ4n) is 2.47. The molecule has 0 spiro atoms. The van der Waals surface area contributed by atoms with E-state index in [0.29, 0.717) is 13.0 Å². The van der Waals surface area contributed by atoms with Crippen LogP contribution in [0.4, 0.5) is 5.82 Å². The molecule has 1 aromatic carbocycles. The van der Waals surface area contributed by atoms with Gasteiger partial charge in [0.05, 0.1) is 5.92 Å². The molecule has 1 aromatic heterocycles. The summed E-state index contributed by atoms with van der Waals surface area (Å²) in [6.45, 7) is 6.55. The monoisotopic (exact) mass is 286 g/mol. The van der Waals surface area contributed by atoms with Crippen LogP contribution in [0.5, 0.6) is 0 Å². The van der Waals surface area contributed by atoms with Gasteiger partial charge in [-0.1, -0.05) is 45.0 Å². The molecule has 0 saturated heterocycles. The van der Waals surface area contributed by atoms with Crippen LogP contribution in [-0.2, 0) is 4.79 Å². The molecule has 0 aliphatic rings. The van der Waals surface area contributed by atoms with E-state index in [9.17, 15) is 9.90 Å². The summed E-state index contributed by atoms with van der Waals surface area (Å²) in [6, 6.07) is 9.89. The Hall–Kier alpha value is -2.10. The fraction of sp³-hybridized carbons (Fsp3) is 0.412. The van der Waals surface area contributed by atoms with Crippen LogP contribution in [0, 0.1) is 11.3 Å². The van der Waals surface area contributed by atoms with Crippen molar-refractivity contribution in [1.82, 2.24) is 4.98 Å². The Morgan fingerprint density at radius 1 is 1.29 bits per heavy atom. The molecule has 0 radical (unpaired) electrons. The highest BCUT2D eigenvalue weighted by molar-refractivity contribution is 5.91. The summed E-state index contributed by atoms with van der Waals surface area (Å²) < 4.78 is 0. The summed E-state index contributed by atoms with van der Waals surface area (Å²) in [5.41, 5.74) is -0.0169. The molecule has 2 aromatic rings. The number of rotatable bonds is 5. The Labute approximate surface area is 125 Å². The van der Waals surface area contributed by atoms with Crippen LogP contribution in [0.2, 0.25) is 0 Å². The third-order valence-electron chi connectivity index (χ3n) is 3.40. The summed E-state index contributed by atoms with van der Waals surface area (Å²) in [6.07, 6.45) is 2.37. The molecule has 0 aliphatic carbocycles. The number of fused-ring (bicyclic) bond motifs is 1. The molecule has 4 nitrogen and oxygen atoms in total. The molecular formula is C17H22N2O2. The average molecular weight is 286 g/mol. The van der Waals surface area contributed by atoms with Gasteiger partial charge in [-0.25, -0.2) is 4.98 Å². The van der Waals surface area contributed by atoms with Gasteiger partial charge in [0, 0.05) is 18.1 Å². The predicted molar refractivity (Wildman–Crippen MR) is 85.4 cm³/mol. The Morgan fingerprint density at radius 3 is 2.67 bits per heavy atom. The fourth-order valence-corrected chi connectivity index (χ4v) is 2.47. The molecule has 0 saturated carbocycles. The quantitative estimate of drug-likeness (QED) is 0.878. The SMILES string of the molecule is CC(C)(C)CC(CNc1nccc2ccccc12)C(=O)O. The molecule has 2 N–H and O–H groups in total. The number of hydrogen-bond donors (Lipinski definition) is 2. The van der Waals surface area contributed by atoms with Crippen molar-refractivity contribution in [3.63, 3.8) is 0 Å². The third kappa shape index (κ3) is 4.18. The smallest absolute Gasteiger partial charge is 0.308 e. The van der Waals surface area contributed by atoms with Gasteiger partial charge in [0.2, 0.25) is 0 Å². The summed E-state index contributed by atoms with van der Waals surface area (Å²) >= 11 is 0. The van der Waals surface area contributed by atoms with Crippen molar-refractivity contribution >= 4 is 22.6 Å². The van der Waals surface area contributed by atoms with Crippen LogP contribution in [0.15, 0.2) is 36.5 Å². The molecule has 1 heterocycles. The molecule has 0 amide bonds. The van der Waals surface area contributed by atoms with Gasteiger partial charge in [-0.15, -0.1) is 0 Å². The van der Waals surface area contributed by atoms with E-state index < -0.39 is 11.9 Å². The summed E-state index contributed by atoms with van der Waals surface area (Å²) in [7, 11) is 0. The van der Waals surface area contributed by atoms with Crippen LogP contribution >= 0.6 is 0 Å². The maximum absolute atomic E-state index is 11.4. The molecule has 21 heavy (non-hydrogen) atoms. The van der Waals surface area contributed by atoms with Crippen LogP contribution in [0.1, 0.15) is 27.2 Å². The number of nitrogens with one attached hydrogen (secondary N) is 1. The number of pyridine rings is 1. The lowest BCUT2D eigenvalue weighted by Gasteiger charge is -2.23. The van der Waals surface area contributed by atoms with E-state index in [-0.39, 0.29) is 5.41 Å². The highest BCUT2D eigenvalue weighted by Gasteiger charge is 2.24. The highest BCUT2D eigenvalue weighted by atomic mass is 16.4. The summed E-state index contributed by atoms with van der Waals surface area (Å²) in [5.74, 6) is -0.448. The van der Waals surface area contributed by atoms with Crippen molar-refractivity contribution in [2.24, 2.45) is 11.3 Å². The van der Waals surface area contributed by atoms with E-state index in [0.717, 1.165) is 16.6 Å². The van der Waals surface area contributed by atoms with Crippen molar-refractivity contribution in [1.29, 1.82) is 0 Å². The van der Waals surface area contributed by atoms with E-state index in [1.165, 1.54) is 0 Å². The largest absolute Gasteiger partial charge is 0.481 e. The Bertz CT molecular complexity index is 627. The summed E-state index contributed by atoms with van der Waals surface area (Å²) in [5, 5.41) is 14.7. The lowest BCUT2D eigenvalue weighted by atomic mass is 9.84. The first-order valence-corrected chi connectivity index (χ1v) is 7.17. The normalized spacial score (nSPS) is 13.1. The number of benzene rings is 1. The van der Waals surface area contributed by atoms with Crippen LogP contribution in [-0.4, -0.2) is 22.6 Å². The Balaban J connectivity index is 2.14. The molecule has 0 fully saturated rings. The number of carboxylic acid groups (broad SMARTS) is 1. The van der Waals surface area contributed by atoms with Crippen LogP contribution in [0.3, 0.4) is 0 Å². The topological polar surface area (TPSA) is 62.2 Å². The Kier molecular flexibility index (Phi) is 4.46. The van der Waals surface area contributed by atoms with E-state index in [1.807, 2.05) is 30.3 Å². The number of nitrogens with zero attached hydrogens (tertiary/aromatic N) is 1. The van der Waals surface area contributed by atoms with Crippen molar-refractivity contribution in [3.8, 4) is 0 Å². The molecule has 2 rings (SSSR count). The van der Waals surface area contributed by atoms with E-state index in [4.69, 9.17) is 0 Å². The van der Waals surface area contributed by atoms with Gasteiger partial charge >= 0.3 is 5.97 Å². The standard InChI is InChI=1S/C17H22N2O2/c1-17(2,3)10-13(16(20)21)11-19-15-14-7-5-4-6-12(14)8-9-18-15/h4-9,13H,10-11H2,1-3H3,(H,18,19)(H,20,21). The number of hydrogen-bond acceptors (Lipinski definition) is 3. The van der Waals surface area contributed by atoms with Gasteiger partial charge in [-0.2, -0.15) is 0 Å². The third-order valence-corrected chi connectivity index (χ3v) is 3.40. The first kappa shape index (κ1) is 15.3. The summed E-state index contributed by atoms with van der Waals surface area (Å²) in [4.78, 5) is 15.7. The first-order chi connectivity index (χ1) is 9.87. The van der Waals surface area contributed by atoms with Gasteiger partial charge in [0.15, 0.2) is 0 Å². The second-order valence-electron chi connectivity index (χ2n) is 6.56. The van der Waals surface area contributed by atoms with Gasteiger partial charge in [-0.05, 0) is 23.3 Å². The lowest BCUT2D eigenvalue weighted by molar-refractivity contribution is -0.142. The Morgan fingerprint density at radius 2 is 2.00 bits per heavy atom. The average Bonchev–Trinajstić information content (AvgIpc) is 2.42. The molecule has 112 valence electrons. The van der Waals surface area contributed by atoms with Crippen molar-refractivity contribution in [2.75, 3.05) is 11.9 Å². The lowest BCUT2D eigenvalue weighted by Crippen LogP contribution is -2.27. The van der Waals surface area contributed by atoms with E-state index >= 15 is 0 Å². The maximum Gasteiger partial charge on any atom is 0.308 e. The second kappa shape index (κ2) is 6.12. The minimum atomic E-state index is -0.766. The van der Waals surface area contributed by atoms with Crippen molar-refractivity contribution in [3.05, 3.63) is 36.5 Å². The van der Waals surface area contributed by atoms with E-state index in [2.05, 4.69) is 31.1 Å². The number of aliphatic carboxylic acids is 1. The zero-order chi connectivity index (χ0) is 15.5. The minimum Gasteiger partial charge on any atom is -0.481 e. The minimum absolute atomic E-state index is 0.0169. The predicted octanol–water partition coefficient (Wildman–Crippen LogP) is 3.78. The first-order valence-electron chi connectivity index (χ1n) is 7.17. The van der Waals surface area contributed by atoms with Gasteiger partial charge in [0.1, 0.15) is 5.82 Å². The molecule has 4 heteroatoms. The van der Waals surface area contributed by atoms with E-state index in [1.54, 1.807) is 6.20 Å². The van der Waals surface area contributed by atoms with Gasteiger partial charge in [0.25, 0.3) is 0 Å². The molecule has 0 aliphatic heterocycles. The van der Waals surface area contributed by atoms with Crippen LogP contribution < -0.4 is 5.32 Å². The van der Waals surface area contributed by atoms with Gasteiger partial charge < -0.3 is 10.4 Å². The number of carboxylic acids is 1. The molecule has 0 bridgehead atoms. The highest BCUT2D eigenvalue weighted by Crippen LogP contribution is 2.26. The van der Waals surface area contributed by atoms with Crippen LogP contribution in [0.25, 0.3) is 10.8 Å². The number of carbonyl (C=O) groups is 1. The molecular weight excluding hydrogens is 264 g/mol. The van der Waals surface area contributed by atoms with Gasteiger partial charge in [-0.3, -0.25) is 4.79 Å². The second-order valence-corrected chi connectivity index (χ2v) is 6.56. The zero-order valence-corrected chi connectivity index (χ0v) is 12.8. The zero-order valence-electron chi connectivity index (χ0n) is 12.8. The maximum atomic E-state index is 11.4. The molecule has 1 unspecified atom stereocenters. The number of anilines is 1. The number of aromatic nitrogens is 1. The molecule has 1 atom stereocenters.